The molecular weight excluding hydrogens is 312 g/mol. The van der Waals surface area contributed by atoms with E-state index in [-0.39, 0.29) is 5.56 Å². The predicted molar refractivity (Wildman–Crippen MR) is 101 cm³/mol. The fourth-order valence-electron chi connectivity index (χ4n) is 2.87. The van der Waals surface area contributed by atoms with Gasteiger partial charge >= 0.3 is 5.97 Å². The maximum absolute atomic E-state index is 10.8. The average Bonchev–Trinajstić information content (AvgIpc) is 2.64. The lowest BCUT2D eigenvalue weighted by molar-refractivity contribution is 0.0696. The van der Waals surface area contributed by atoms with Gasteiger partial charge in [0, 0.05) is 18.0 Å². The summed E-state index contributed by atoms with van der Waals surface area (Å²) in [6.07, 6.45) is 14.5. The normalized spacial score (nSPS) is 10.8. The zero-order chi connectivity index (χ0) is 17.9. The van der Waals surface area contributed by atoms with Crippen molar-refractivity contribution in [3.8, 4) is 11.4 Å². The molecule has 1 heterocycles. The molecule has 4 heteroatoms. The van der Waals surface area contributed by atoms with E-state index in [0.29, 0.717) is 5.82 Å². The molecule has 2 rings (SSSR count). The first kappa shape index (κ1) is 19.1. The smallest absolute Gasteiger partial charge is 0.338 e. The van der Waals surface area contributed by atoms with E-state index in [1.807, 2.05) is 12.1 Å². The van der Waals surface area contributed by atoms with Gasteiger partial charge in [0.15, 0.2) is 5.82 Å². The topological polar surface area (TPSA) is 63.1 Å². The molecule has 0 saturated carbocycles. The van der Waals surface area contributed by atoms with Crippen molar-refractivity contribution >= 4 is 5.97 Å². The van der Waals surface area contributed by atoms with Crippen LogP contribution in [0, 0.1) is 0 Å². The number of rotatable bonds is 11. The van der Waals surface area contributed by atoms with E-state index in [2.05, 4.69) is 29.0 Å². The van der Waals surface area contributed by atoms with Crippen molar-refractivity contribution in [1.82, 2.24) is 9.97 Å². The molecule has 2 aromatic rings. The summed E-state index contributed by atoms with van der Waals surface area (Å²) in [5.74, 6) is -0.448. The molecule has 0 radical (unpaired) electrons. The van der Waals surface area contributed by atoms with Crippen molar-refractivity contribution in [3.63, 3.8) is 0 Å². The van der Waals surface area contributed by atoms with Crippen LogP contribution in [0.25, 0.3) is 11.4 Å². The molecule has 0 bridgehead atoms. The SMILES string of the molecule is CCCCCCCCCCc1ccc(-c2ncc(C(=O)O)cn2)cc1. The Morgan fingerprint density at radius 2 is 1.44 bits per heavy atom. The Morgan fingerprint density at radius 3 is 2.00 bits per heavy atom. The molecule has 0 amide bonds. The second-order valence-corrected chi connectivity index (χ2v) is 6.52. The minimum Gasteiger partial charge on any atom is -0.478 e. The number of hydrogen-bond acceptors (Lipinski definition) is 3. The molecular formula is C21H28N2O2. The number of benzene rings is 1. The van der Waals surface area contributed by atoms with Gasteiger partial charge in [-0.1, -0.05) is 76.1 Å². The van der Waals surface area contributed by atoms with E-state index in [4.69, 9.17) is 5.11 Å². The van der Waals surface area contributed by atoms with E-state index in [9.17, 15) is 4.79 Å². The highest BCUT2D eigenvalue weighted by Gasteiger charge is 2.06. The number of nitrogens with zero attached hydrogens (tertiary/aromatic N) is 2. The quantitative estimate of drug-likeness (QED) is 0.547. The zero-order valence-electron chi connectivity index (χ0n) is 15.1. The van der Waals surface area contributed by atoms with Gasteiger partial charge in [-0.3, -0.25) is 0 Å². The van der Waals surface area contributed by atoms with Crippen molar-refractivity contribution in [1.29, 1.82) is 0 Å². The third-order valence-electron chi connectivity index (χ3n) is 4.43. The van der Waals surface area contributed by atoms with Crippen LogP contribution in [-0.2, 0) is 6.42 Å². The molecule has 1 aromatic carbocycles. The molecule has 134 valence electrons. The lowest BCUT2D eigenvalue weighted by Gasteiger charge is -2.05. The van der Waals surface area contributed by atoms with Crippen molar-refractivity contribution in [2.24, 2.45) is 0 Å². The summed E-state index contributed by atoms with van der Waals surface area (Å²) >= 11 is 0. The van der Waals surface area contributed by atoms with Crippen LogP contribution in [0.5, 0.6) is 0 Å². The summed E-state index contributed by atoms with van der Waals surface area (Å²) in [4.78, 5) is 19.1. The number of aromatic carboxylic acids is 1. The Bertz CT molecular complexity index is 636. The Balaban J connectivity index is 1.73. The number of aromatic nitrogens is 2. The Hall–Kier alpha value is -2.23. The van der Waals surface area contributed by atoms with Crippen LogP contribution in [0.3, 0.4) is 0 Å². The average molecular weight is 340 g/mol. The lowest BCUT2D eigenvalue weighted by atomic mass is 10.0. The molecule has 25 heavy (non-hydrogen) atoms. The number of hydrogen-bond donors (Lipinski definition) is 1. The van der Waals surface area contributed by atoms with Crippen LogP contribution in [0.4, 0.5) is 0 Å². The van der Waals surface area contributed by atoms with Gasteiger partial charge in [0.25, 0.3) is 0 Å². The Morgan fingerprint density at radius 1 is 0.880 bits per heavy atom. The standard InChI is InChI=1S/C21H28N2O2/c1-2-3-4-5-6-7-8-9-10-17-11-13-18(14-12-17)20-22-15-19(16-23-20)21(24)25/h11-16H,2-10H2,1H3,(H,24,25). The first-order valence-corrected chi connectivity index (χ1v) is 9.35. The van der Waals surface area contributed by atoms with Crippen LogP contribution in [0.15, 0.2) is 36.7 Å². The molecule has 0 aliphatic carbocycles. The Labute approximate surface area is 150 Å². The van der Waals surface area contributed by atoms with Gasteiger partial charge in [-0.05, 0) is 18.4 Å². The van der Waals surface area contributed by atoms with Crippen LogP contribution >= 0.6 is 0 Å². The van der Waals surface area contributed by atoms with Crippen LogP contribution in [-0.4, -0.2) is 21.0 Å². The van der Waals surface area contributed by atoms with Crippen LogP contribution in [0.2, 0.25) is 0 Å². The summed E-state index contributed by atoms with van der Waals surface area (Å²) in [5.41, 5.74) is 2.35. The molecule has 0 saturated heterocycles. The molecule has 0 spiro atoms. The number of unbranched alkanes of at least 4 members (excludes halogenated alkanes) is 7. The molecule has 1 aromatic heterocycles. The van der Waals surface area contributed by atoms with E-state index in [1.165, 1.54) is 69.3 Å². The van der Waals surface area contributed by atoms with Crippen molar-refractivity contribution in [2.75, 3.05) is 0 Å². The van der Waals surface area contributed by atoms with E-state index >= 15 is 0 Å². The fourth-order valence-corrected chi connectivity index (χ4v) is 2.87. The summed E-state index contributed by atoms with van der Waals surface area (Å²) < 4.78 is 0. The van der Waals surface area contributed by atoms with E-state index < -0.39 is 5.97 Å². The first-order valence-electron chi connectivity index (χ1n) is 9.35. The maximum atomic E-state index is 10.8. The monoisotopic (exact) mass is 340 g/mol. The molecule has 0 aliphatic heterocycles. The third-order valence-corrected chi connectivity index (χ3v) is 4.43. The molecule has 0 fully saturated rings. The highest BCUT2D eigenvalue weighted by Crippen LogP contribution is 2.17. The molecule has 0 aliphatic rings. The molecule has 1 N–H and O–H groups in total. The third kappa shape index (κ3) is 6.65. The van der Waals surface area contributed by atoms with Crippen LogP contribution in [0.1, 0.15) is 74.2 Å². The zero-order valence-corrected chi connectivity index (χ0v) is 15.1. The summed E-state index contributed by atoms with van der Waals surface area (Å²) in [7, 11) is 0. The van der Waals surface area contributed by atoms with Gasteiger partial charge < -0.3 is 5.11 Å². The lowest BCUT2D eigenvalue weighted by Crippen LogP contribution is -1.99. The van der Waals surface area contributed by atoms with E-state index in [0.717, 1.165) is 12.0 Å². The highest BCUT2D eigenvalue weighted by atomic mass is 16.4. The van der Waals surface area contributed by atoms with Crippen LogP contribution < -0.4 is 0 Å². The summed E-state index contributed by atoms with van der Waals surface area (Å²) in [6, 6.07) is 8.25. The number of carbonyl (C=O) groups is 1. The van der Waals surface area contributed by atoms with Gasteiger partial charge in [0.1, 0.15) is 0 Å². The first-order chi connectivity index (χ1) is 12.2. The van der Waals surface area contributed by atoms with Gasteiger partial charge in [0.2, 0.25) is 0 Å². The van der Waals surface area contributed by atoms with Gasteiger partial charge in [-0.15, -0.1) is 0 Å². The van der Waals surface area contributed by atoms with Crippen molar-refractivity contribution < 1.29 is 9.90 Å². The summed E-state index contributed by atoms with van der Waals surface area (Å²) in [5, 5.41) is 8.88. The minimum absolute atomic E-state index is 0.107. The largest absolute Gasteiger partial charge is 0.478 e. The van der Waals surface area contributed by atoms with Gasteiger partial charge in [-0.25, -0.2) is 14.8 Å². The van der Waals surface area contributed by atoms with Gasteiger partial charge in [-0.2, -0.15) is 0 Å². The highest BCUT2D eigenvalue weighted by molar-refractivity contribution is 5.86. The fraction of sp³-hybridized carbons (Fsp3) is 0.476. The second-order valence-electron chi connectivity index (χ2n) is 6.52. The van der Waals surface area contributed by atoms with Crippen molar-refractivity contribution in [2.45, 2.75) is 64.7 Å². The van der Waals surface area contributed by atoms with Crippen molar-refractivity contribution in [3.05, 3.63) is 47.8 Å². The summed E-state index contributed by atoms with van der Waals surface area (Å²) in [6.45, 7) is 2.25. The Kier molecular flexibility index (Phi) is 8.10. The molecule has 0 atom stereocenters. The van der Waals surface area contributed by atoms with E-state index in [1.54, 1.807) is 0 Å². The molecule has 4 nitrogen and oxygen atoms in total. The number of carboxylic acids is 1. The minimum atomic E-state index is -1.01. The maximum Gasteiger partial charge on any atom is 0.338 e. The molecule has 0 unspecified atom stereocenters. The number of carboxylic acid groups (broad SMARTS) is 1. The van der Waals surface area contributed by atoms with Gasteiger partial charge in [0.05, 0.1) is 5.56 Å². The number of aryl methyl sites for hydroxylation is 1. The second kappa shape index (κ2) is 10.6. The predicted octanol–water partition coefficient (Wildman–Crippen LogP) is 5.53.